The van der Waals surface area contributed by atoms with E-state index in [2.05, 4.69) is 11.4 Å². The van der Waals surface area contributed by atoms with Crippen LogP contribution in [0.15, 0.2) is 64.3 Å². The van der Waals surface area contributed by atoms with Crippen LogP contribution in [0, 0.1) is 30.0 Å². The monoisotopic (exact) mass is 542 g/mol. The van der Waals surface area contributed by atoms with Crippen molar-refractivity contribution in [3.8, 4) is 6.07 Å². The van der Waals surface area contributed by atoms with Crippen LogP contribution in [0.2, 0.25) is 0 Å². The fourth-order valence-corrected chi connectivity index (χ4v) is 5.38. The molecule has 0 radical (unpaired) electrons. The predicted octanol–water partition coefficient (Wildman–Crippen LogP) is 4.98. The number of rotatable bonds is 8. The zero-order valence-corrected chi connectivity index (χ0v) is 21.5. The van der Waals surface area contributed by atoms with Gasteiger partial charge < -0.3 is 5.32 Å². The van der Waals surface area contributed by atoms with Crippen molar-refractivity contribution in [2.75, 3.05) is 6.54 Å². The van der Waals surface area contributed by atoms with Gasteiger partial charge in [-0.15, -0.1) is 0 Å². The molecule has 2 aromatic carbocycles. The van der Waals surface area contributed by atoms with Crippen LogP contribution in [-0.4, -0.2) is 21.7 Å². The van der Waals surface area contributed by atoms with E-state index in [0.29, 0.717) is 44.0 Å². The maximum atomic E-state index is 13.5. The average molecular weight is 543 g/mol. The molecule has 1 fully saturated rings. The van der Waals surface area contributed by atoms with Crippen molar-refractivity contribution < 1.29 is 17.6 Å². The van der Waals surface area contributed by atoms with Crippen molar-refractivity contribution in [1.82, 2.24) is 14.5 Å². The number of alkyl halides is 3. The van der Waals surface area contributed by atoms with Crippen LogP contribution in [-0.2, 0) is 19.3 Å². The van der Waals surface area contributed by atoms with E-state index in [4.69, 9.17) is 0 Å². The second-order valence-corrected chi connectivity index (χ2v) is 10.1. The Morgan fingerprint density at radius 3 is 2.54 bits per heavy atom. The van der Waals surface area contributed by atoms with Gasteiger partial charge in [0.25, 0.3) is 5.56 Å². The van der Waals surface area contributed by atoms with E-state index in [1.54, 1.807) is 13.1 Å². The molecule has 0 spiro atoms. The lowest BCUT2D eigenvalue weighted by Crippen LogP contribution is -2.43. The lowest BCUT2D eigenvalue weighted by Gasteiger charge is -2.34. The van der Waals surface area contributed by atoms with Crippen LogP contribution in [0.3, 0.4) is 0 Å². The Morgan fingerprint density at radius 2 is 1.85 bits per heavy atom. The Bertz CT molecular complexity index is 1460. The Kier molecular flexibility index (Phi) is 8.70. The van der Waals surface area contributed by atoms with Crippen molar-refractivity contribution in [3.63, 3.8) is 0 Å². The Balaban J connectivity index is 1.38. The standard InChI is InChI=1S/C29H30F4N4O2/c1-19-17-36(18-20-6-3-2-4-7-20)28(39)37(27(19)38)13-5-12-35-26-11-8-21(14-22(26)16-34)24-10-9-23(30)15-25(24)29(31,32)33/h2-4,6-7,9-10,15,17,21-22,26,35H,5,8,11-14,18H2,1H3. The second-order valence-electron chi connectivity index (χ2n) is 10.1. The van der Waals surface area contributed by atoms with E-state index in [0.717, 1.165) is 11.6 Å². The molecule has 3 aromatic rings. The number of benzene rings is 2. The molecule has 1 heterocycles. The van der Waals surface area contributed by atoms with Gasteiger partial charge in [0.05, 0.1) is 24.1 Å². The topological polar surface area (TPSA) is 79.8 Å². The number of hydrogen-bond acceptors (Lipinski definition) is 4. The summed E-state index contributed by atoms with van der Waals surface area (Å²) in [6, 6.07) is 14.2. The number of aryl methyl sites for hydroxylation is 1. The van der Waals surface area contributed by atoms with Crippen molar-refractivity contribution in [3.05, 3.63) is 104 Å². The second kappa shape index (κ2) is 12.0. The lowest BCUT2D eigenvalue weighted by molar-refractivity contribution is -0.138. The van der Waals surface area contributed by atoms with E-state index >= 15 is 0 Å². The summed E-state index contributed by atoms with van der Waals surface area (Å²) in [7, 11) is 0. The zero-order chi connectivity index (χ0) is 28.2. The van der Waals surface area contributed by atoms with Crippen molar-refractivity contribution in [1.29, 1.82) is 5.26 Å². The fourth-order valence-electron chi connectivity index (χ4n) is 5.38. The first-order chi connectivity index (χ1) is 18.6. The summed E-state index contributed by atoms with van der Waals surface area (Å²) in [5.41, 5.74) is -0.318. The van der Waals surface area contributed by atoms with Crippen molar-refractivity contribution in [2.24, 2.45) is 5.92 Å². The van der Waals surface area contributed by atoms with Crippen LogP contribution < -0.4 is 16.6 Å². The summed E-state index contributed by atoms with van der Waals surface area (Å²) < 4.78 is 56.8. The molecule has 206 valence electrons. The molecule has 1 aliphatic rings. The highest BCUT2D eigenvalue weighted by molar-refractivity contribution is 5.34. The lowest BCUT2D eigenvalue weighted by atomic mass is 9.74. The molecule has 3 atom stereocenters. The number of aromatic nitrogens is 2. The number of nitrogens with zero attached hydrogens (tertiary/aromatic N) is 3. The maximum absolute atomic E-state index is 13.5. The van der Waals surface area contributed by atoms with Gasteiger partial charge in [0.1, 0.15) is 5.82 Å². The number of nitriles is 1. The summed E-state index contributed by atoms with van der Waals surface area (Å²) in [4.78, 5) is 25.7. The highest BCUT2D eigenvalue weighted by Crippen LogP contribution is 2.42. The third kappa shape index (κ3) is 6.66. The third-order valence-corrected chi connectivity index (χ3v) is 7.35. The largest absolute Gasteiger partial charge is 0.416 e. The fraction of sp³-hybridized carbons (Fsp3) is 0.414. The minimum absolute atomic E-state index is 0.0215. The van der Waals surface area contributed by atoms with Crippen molar-refractivity contribution in [2.45, 2.75) is 63.8 Å². The van der Waals surface area contributed by atoms with Crippen LogP contribution in [0.25, 0.3) is 0 Å². The molecule has 1 aliphatic carbocycles. The Hall–Kier alpha value is -3.71. The van der Waals surface area contributed by atoms with Crippen LogP contribution >= 0.6 is 0 Å². The molecule has 0 aliphatic heterocycles. The van der Waals surface area contributed by atoms with Gasteiger partial charge in [-0.05, 0) is 68.3 Å². The first-order valence-electron chi connectivity index (χ1n) is 12.9. The minimum Gasteiger partial charge on any atom is -0.313 e. The summed E-state index contributed by atoms with van der Waals surface area (Å²) in [6.07, 6.45) is -1.53. The minimum atomic E-state index is -4.68. The zero-order valence-electron chi connectivity index (χ0n) is 21.5. The van der Waals surface area contributed by atoms with E-state index in [-0.39, 0.29) is 30.1 Å². The number of halogens is 4. The SMILES string of the molecule is Cc1cn(Cc2ccccc2)c(=O)n(CCCNC2CCC(c3ccc(F)cc3C(F)(F)F)CC2C#N)c1=O. The molecule has 0 saturated heterocycles. The van der Waals surface area contributed by atoms with E-state index < -0.39 is 35.1 Å². The van der Waals surface area contributed by atoms with E-state index in [1.165, 1.54) is 15.2 Å². The first kappa shape index (κ1) is 28.3. The molecule has 39 heavy (non-hydrogen) atoms. The van der Waals surface area contributed by atoms with Gasteiger partial charge in [-0.1, -0.05) is 36.4 Å². The molecule has 1 N–H and O–H groups in total. The highest BCUT2D eigenvalue weighted by Gasteiger charge is 2.38. The highest BCUT2D eigenvalue weighted by atomic mass is 19.4. The summed E-state index contributed by atoms with van der Waals surface area (Å²) in [5, 5.41) is 13.0. The quantitative estimate of drug-likeness (QED) is 0.322. The van der Waals surface area contributed by atoms with Crippen molar-refractivity contribution >= 4 is 0 Å². The van der Waals surface area contributed by atoms with Gasteiger partial charge in [0.15, 0.2) is 0 Å². The Labute approximate surface area is 223 Å². The molecule has 3 unspecified atom stereocenters. The first-order valence-corrected chi connectivity index (χ1v) is 12.9. The van der Waals surface area contributed by atoms with Gasteiger partial charge in [0.2, 0.25) is 0 Å². The number of hydrogen-bond donors (Lipinski definition) is 1. The van der Waals surface area contributed by atoms with E-state index in [1.807, 2.05) is 30.3 Å². The normalized spacial score (nSPS) is 19.5. The van der Waals surface area contributed by atoms with Crippen LogP contribution in [0.4, 0.5) is 17.6 Å². The number of nitrogens with one attached hydrogen (secondary N) is 1. The van der Waals surface area contributed by atoms with Gasteiger partial charge in [-0.2, -0.15) is 18.4 Å². The molecule has 1 saturated carbocycles. The molecule has 1 aromatic heterocycles. The molecule has 0 bridgehead atoms. The molecular weight excluding hydrogens is 512 g/mol. The summed E-state index contributed by atoms with van der Waals surface area (Å²) >= 11 is 0. The molecule has 10 heteroatoms. The maximum Gasteiger partial charge on any atom is 0.416 e. The van der Waals surface area contributed by atoms with Crippen LogP contribution in [0.5, 0.6) is 0 Å². The molecule has 6 nitrogen and oxygen atoms in total. The van der Waals surface area contributed by atoms with Gasteiger partial charge in [-0.3, -0.25) is 13.9 Å². The average Bonchev–Trinajstić information content (AvgIpc) is 2.91. The van der Waals surface area contributed by atoms with Gasteiger partial charge >= 0.3 is 11.9 Å². The summed E-state index contributed by atoms with van der Waals surface area (Å²) in [6.45, 7) is 2.63. The molecule has 0 amide bonds. The predicted molar refractivity (Wildman–Crippen MR) is 139 cm³/mol. The van der Waals surface area contributed by atoms with E-state index in [9.17, 15) is 32.4 Å². The van der Waals surface area contributed by atoms with Gasteiger partial charge in [0, 0.05) is 24.3 Å². The molecule has 4 rings (SSSR count). The van der Waals surface area contributed by atoms with Gasteiger partial charge in [-0.25, -0.2) is 9.18 Å². The third-order valence-electron chi connectivity index (χ3n) is 7.35. The smallest absolute Gasteiger partial charge is 0.313 e. The molecular formula is C29H30F4N4O2. The Morgan fingerprint density at radius 1 is 1.10 bits per heavy atom. The van der Waals surface area contributed by atoms with Crippen LogP contribution in [0.1, 0.15) is 53.9 Å². The summed E-state index contributed by atoms with van der Waals surface area (Å²) in [5.74, 6) is -1.98.